The molecule has 3 aliphatic rings. The lowest BCUT2D eigenvalue weighted by molar-refractivity contribution is -0.165. The normalized spacial score (nSPS) is 29.3. The van der Waals surface area contributed by atoms with E-state index in [2.05, 4.69) is 10.6 Å². The van der Waals surface area contributed by atoms with Gasteiger partial charge in [-0.05, 0) is 38.8 Å². The number of hydrogen-bond donors (Lipinski definition) is 2. The average Bonchev–Trinajstić information content (AvgIpc) is 3.22. The highest BCUT2D eigenvalue weighted by atomic mass is 16.2. The Morgan fingerprint density at radius 3 is 1.55 bits per heavy atom. The monoisotopic (exact) mass is 308 g/mol. The second-order valence-corrected chi connectivity index (χ2v) is 5.89. The van der Waals surface area contributed by atoms with Crippen LogP contribution >= 0.6 is 0 Å². The van der Waals surface area contributed by atoms with Gasteiger partial charge in [0.25, 0.3) is 0 Å². The molecule has 8 heteroatoms. The Hall–Kier alpha value is -1.80. The number of imide groups is 2. The molecule has 120 valence electrons. The molecule has 0 aliphatic carbocycles. The fraction of sp³-hybridized carbons (Fsp3) is 0.714. The van der Waals surface area contributed by atoms with Crippen LogP contribution in [0.4, 0.5) is 0 Å². The van der Waals surface area contributed by atoms with E-state index < -0.39 is 23.9 Å². The summed E-state index contributed by atoms with van der Waals surface area (Å²) in [6.45, 7) is 1.65. The Balaban J connectivity index is 1.66. The number of hydrogen-bond acceptors (Lipinski definition) is 6. The Morgan fingerprint density at radius 2 is 1.23 bits per heavy atom. The van der Waals surface area contributed by atoms with Crippen LogP contribution in [0.1, 0.15) is 25.7 Å². The molecule has 22 heavy (non-hydrogen) atoms. The molecule has 0 aromatic carbocycles. The van der Waals surface area contributed by atoms with E-state index in [1.807, 2.05) is 0 Å². The lowest BCUT2D eigenvalue weighted by atomic mass is 10.1. The maximum atomic E-state index is 12.3. The minimum Gasteiger partial charge on any atom is -0.306 e. The van der Waals surface area contributed by atoms with Crippen molar-refractivity contribution in [3.05, 3.63) is 0 Å². The summed E-state index contributed by atoms with van der Waals surface area (Å²) < 4.78 is 0. The van der Waals surface area contributed by atoms with E-state index in [0.29, 0.717) is 12.8 Å². The van der Waals surface area contributed by atoms with Crippen LogP contribution in [0.2, 0.25) is 0 Å². The SMILES string of the molecule is O=C1C(=O)N(C(=O)[C@@H]2CCCN2)CCN1C(=O)[C@@H]1CCCN1. The maximum absolute atomic E-state index is 12.3. The summed E-state index contributed by atoms with van der Waals surface area (Å²) >= 11 is 0. The molecule has 3 fully saturated rings. The minimum atomic E-state index is -0.892. The van der Waals surface area contributed by atoms with Gasteiger partial charge in [-0.1, -0.05) is 0 Å². The van der Waals surface area contributed by atoms with Crippen LogP contribution < -0.4 is 10.6 Å². The van der Waals surface area contributed by atoms with Gasteiger partial charge in [-0.15, -0.1) is 0 Å². The predicted molar refractivity (Wildman–Crippen MR) is 75.5 cm³/mol. The van der Waals surface area contributed by atoms with E-state index in [1.165, 1.54) is 0 Å². The first-order valence-electron chi connectivity index (χ1n) is 7.77. The van der Waals surface area contributed by atoms with Gasteiger partial charge < -0.3 is 10.6 Å². The van der Waals surface area contributed by atoms with Gasteiger partial charge in [-0.2, -0.15) is 0 Å². The van der Waals surface area contributed by atoms with Gasteiger partial charge in [0.05, 0.1) is 12.1 Å². The summed E-state index contributed by atoms with van der Waals surface area (Å²) in [5.74, 6) is -2.50. The molecule has 0 spiro atoms. The van der Waals surface area contributed by atoms with Gasteiger partial charge in [0.15, 0.2) is 0 Å². The molecule has 8 nitrogen and oxygen atoms in total. The first kappa shape index (κ1) is 15.1. The molecular formula is C14H20N4O4. The van der Waals surface area contributed by atoms with Crippen LogP contribution in [-0.2, 0) is 19.2 Å². The second-order valence-electron chi connectivity index (χ2n) is 5.89. The summed E-state index contributed by atoms with van der Waals surface area (Å²) in [7, 11) is 0. The smallest absolute Gasteiger partial charge is 0.306 e. The molecule has 2 atom stereocenters. The van der Waals surface area contributed by atoms with Crippen LogP contribution in [0.15, 0.2) is 0 Å². The average molecular weight is 308 g/mol. The van der Waals surface area contributed by atoms with Crippen molar-refractivity contribution in [2.75, 3.05) is 26.2 Å². The van der Waals surface area contributed by atoms with E-state index in [9.17, 15) is 19.2 Å². The summed E-state index contributed by atoms with van der Waals surface area (Å²) in [5, 5.41) is 6.05. The van der Waals surface area contributed by atoms with Gasteiger partial charge in [0, 0.05) is 13.1 Å². The lowest BCUT2D eigenvalue weighted by Gasteiger charge is -2.33. The van der Waals surface area contributed by atoms with Crippen LogP contribution in [0, 0.1) is 0 Å². The van der Waals surface area contributed by atoms with Gasteiger partial charge in [-0.3, -0.25) is 29.0 Å². The maximum Gasteiger partial charge on any atom is 0.319 e. The molecule has 0 aromatic rings. The zero-order valence-corrected chi connectivity index (χ0v) is 12.3. The van der Waals surface area contributed by atoms with E-state index in [0.717, 1.165) is 35.7 Å². The number of rotatable bonds is 2. The predicted octanol–water partition coefficient (Wildman–Crippen LogP) is -1.79. The number of carbonyl (C=O) groups excluding carboxylic acids is 4. The molecule has 4 amide bonds. The van der Waals surface area contributed by atoms with Gasteiger partial charge in [-0.25, -0.2) is 0 Å². The Kier molecular flexibility index (Phi) is 4.21. The number of piperazine rings is 1. The molecular weight excluding hydrogens is 288 g/mol. The van der Waals surface area contributed by atoms with Crippen molar-refractivity contribution in [1.29, 1.82) is 0 Å². The fourth-order valence-corrected chi connectivity index (χ4v) is 3.22. The number of nitrogens with one attached hydrogen (secondary N) is 2. The summed E-state index contributed by atoms with van der Waals surface area (Å²) in [4.78, 5) is 50.8. The molecule has 3 heterocycles. The van der Waals surface area contributed by atoms with E-state index in [4.69, 9.17) is 0 Å². The highest BCUT2D eigenvalue weighted by Gasteiger charge is 2.42. The minimum absolute atomic E-state index is 0.0834. The van der Waals surface area contributed by atoms with Crippen molar-refractivity contribution in [3.8, 4) is 0 Å². The second kappa shape index (κ2) is 6.13. The lowest BCUT2D eigenvalue weighted by Crippen LogP contribution is -2.62. The standard InChI is InChI=1S/C14H20N4O4/c19-11(9-3-1-5-15-9)17-7-8-18(14(22)13(17)21)12(20)10-4-2-6-16-10/h9-10,15-16H,1-8H2/t9-,10-/m0/s1. The first-order chi connectivity index (χ1) is 10.6. The van der Waals surface area contributed by atoms with Crippen molar-refractivity contribution < 1.29 is 19.2 Å². The van der Waals surface area contributed by atoms with E-state index in [1.54, 1.807) is 0 Å². The highest BCUT2D eigenvalue weighted by molar-refractivity contribution is 6.40. The summed E-state index contributed by atoms with van der Waals surface area (Å²) in [6.07, 6.45) is 3.10. The summed E-state index contributed by atoms with van der Waals surface area (Å²) in [5.41, 5.74) is 0. The van der Waals surface area contributed by atoms with Gasteiger partial charge in [0.2, 0.25) is 11.8 Å². The molecule has 3 aliphatic heterocycles. The zero-order valence-electron chi connectivity index (χ0n) is 12.3. The molecule has 2 N–H and O–H groups in total. The van der Waals surface area contributed by atoms with Crippen molar-refractivity contribution >= 4 is 23.6 Å². The fourth-order valence-electron chi connectivity index (χ4n) is 3.22. The Labute approximate surface area is 128 Å². The quantitative estimate of drug-likeness (QED) is 0.462. The Morgan fingerprint density at radius 1 is 0.818 bits per heavy atom. The largest absolute Gasteiger partial charge is 0.319 e. The molecule has 3 rings (SSSR count). The molecule has 0 radical (unpaired) electrons. The first-order valence-corrected chi connectivity index (χ1v) is 7.77. The van der Waals surface area contributed by atoms with Crippen molar-refractivity contribution in [2.45, 2.75) is 37.8 Å². The molecule has 0 bridgehead atoms. The topological polar surface area (TPSA) is 98.8 Å². The molecule has 0 aromatic heterocycles. The number of nitrogens with zero attached hydrogens (tertiary/aromatic N) is 2. The third kappa shape index (κ3) is 2.64. The number of amides is 4. The molecule has 0 unspecified atom stereocenters. The van der Waals surface area contributed by atoms with Crippen molar-refractivity contribution in [2.24, 2.45) is 0 Å². The van der Waals surface area contributed by atoms with Gasteiger partial charge in [0.1, 0.15) is 0 Å². The third-order valence-corrected chi connectivity index (χ3v) is 4.47. The van der Waals surface area contributed by atoms with Crippen LogP contribution in [0.5, 0.6) is 0 Å². The van der Waals surface area contributed by atoms with Crippen LogP contribution in [0.25, 0.3) is 0 Å². The van der Waals surface area contributed by atoms with Crippen molar-refractivity contribution in [1.82, 2.24) is 20.4 Å². The Bertz CT molecular complexity index is 463. The van der Waals surface area contributed by atoms with Crippen molar-refractivity contribution in [3.63, 3.8) is 0 Å². The summed E-state index contributed by atoms with van der Waals surface area (Å²) in [6, 6.07) is -0.786. The number of carbonyl (C=O) groups is 4. The van der Waals surface area contributed by atoms with Gasteiger partial charge >= 0.3 is 11.8 Å². The third-order valence-electron chi connectivity index (χ3n) is 4.47. The highest BCUT2D eigenvalue weighted by Crippen LogP contribution is 2.15. The molecule has 3 saturated heterocycles. The van der Waals surface area contributed by atoms with E-state index >= 15 is 0 Å². The molecule has 0 saturated carbocycles. The zero-order chi connectivity index (χ0) is 15.7. The van der Waals surface area contributed by atoms with Crippen LogP contribution in [-0.4, -0.2) is 71.7 Å². The van der Waals surface area contributed by atoms with E-state index in [-0.39, 0.29) is 24.9 Å². The van der Waals surface area contributed by atoms with Crippen LogP contribution in [0.3, 0.4) is 0 Å².